The van der Waals surface area contributed by atoms with Gasteiger partial charge in [-0.2, -0.15) is 0 Å². The van der Waals surface area contributed by atoms with Crippen LogP contribution in [0.5, 0.6) is 0 Å². The SMILES string of the molecule is Cc1cc(NC(=O)c2cc(Br)cnc2Cl)ccc1C(=O)O. The van der Waals surface area contributed by atoms with E-state index >= 15 is 0 Å². The number of nitrogens with one attached hydrogen (secondary N) is 1. The fourth-order valence-electron chi connectivity index (χ4n) is 1.76. The lowest BCUT2D eigenvalue weighted by molar-refractivity contribution is 0.0696. The number of aryl methyl sites for hydroxylation is 1. The first-order chi connectivity index (χ1) is 9.88. The maximum atomic E-state index is 12.1. The summed E-state index contributed by atoms with van der Waals surface area (Å²) >= 11 is 9.11. The molecule has 1 aromatic heterocycles. The Kier molecular flexibility index (Phi) is 4.59. The zero-order valence-corrected chi connectivity index (χ0v) is 13.2. The topological polar surface area (TPSA) is 79.3 Å². The van der Waals surface area contributed by atoms with Gasteiger partial charge in [0, 0.05) is 16.4 Å². The number of amides is 1. The van der Waals surface area contributed by atoms with Crippen molar-refractivity contribution in [3.63, 3.8) is 0 Å². The molecule has 21 heavy (non-hydrogen) atoms. The number of aromatic carboxylic acids is 1. The minimum Gasteiger partial charge on any atom is -0.478 e. The summed E-state index contributed by atoms with van der Waals surface area (Å²) in [6, 6.07) is 6.10. The van der Waals surface area contributed by atoms with Crippen LogP contribution in [0, 0.1) is 6.92 Å². The van der Waals surface area contributed by atoms with Crippen molar-refractivity contribution in [2.24, 2.45) is 0 Å². The summed E-state index contributed by atoms with van der Waals surface area (Å²) in [5.41, 5.74) is 1.46. The maximum absolute atomic E-state index is 12.1. The lowest BCUT2D eigenvalue weighted by Gasteiger charge is -2.08. The van der Waals surface area contributed by atoms with Crippen LogP contribution in [0.25, 0.3) is 0 Å². The third kappa shape index (κ3) is 3.59. The van der Waals surface area contributed by atoms with Crippen LogP contribution in [0.4, 0.5) is 5.69 Å². The van der Waals surface area contributed by atoms with E-state index in [0.29, 0.717) is 15.7 Å². The van der Waals surface area contributed by atoms with Crippen molar-refractivity contribution in [3.8, 4) is 0 Å². The molecule has 0 aliphatic carbocycles. The van der Waals surface area contributed by atoms with Crippen LogP contribution in [0.15, 0.2) is 34.9 Å². The van der Waals surface area contributed by atoms with Crippen molar-refractivity contribution in [3.05, 3.63) is 56.8 Å². The first-order valence-electron chi connectivity index (χ1n) is 5.85. The third-order valence-electron chi connectivity index (χ3n) is 2.77. The quantitative estimate of drug-likeness (QED) is 0.808. The standard InChI is InChI=1S/C14H10BrClN2O3/c1-7-4-9(2-3-10(7)14(20)21)18-13(19)11-5-8(15)6-17-12(11)16/h2-6H,1H3,(H,18,19)(H,20,21). The third-order valence-corrected chi connectivity index (χ3v) is 3.50. The predicted molar refractivity (Wildman–Crippen MR) is 83.0 cm³/mol. The monoisotopic (exact) mass is 368 g/mol. The van der Waals surface area contributed by atoms with Gasteiger partial charge in [-0.1, -0.05) is 11.6 Å². The van der Waals surface area contributed by atoms with E-state index in [-0.39, 0.29) is 16.3 Å². The first kappa shape index (κ1) is 15.5. The molecule has 0 aliphatic rings. The van der Waals surface area contributed by atoms with Gasteiger partial charge in [0.2, 0.25) is 0 Å². The van der Waals surface area contributed by atoms with E-state index in [9.17, 15) is 9.59 Å². The average Bonchev–Trinajstić information content (AvgIpc) is 2.41. The van der Waals surface area contributed by atoms with Crippen LogP contribution in [0.2, 0.25) is 5.15 Å². The molecule has 108 valence electrons. The Labute approximate surface area is 134 Å². The van der Waals surface area contributed by atoms with Gasteiger partial charge in [0.05, 0.1) is 11.1 Å². The largest absolute Gasteiger partial charge is 0.478 e. The molecule has 0 spiro atoms. The Bertz CT molecular complexity index is 734. The zero-order valence-electron chi connectivity index (χ0n) is 10.9. The highest BCUT2D eigenvalue weighted by Gasteiger charge is 2.13. The number of anilines is 1. The molecule has 7 heteroatoms. The molecule has 0 bridgehead atoms. The van der Waals surface area contributed by atoms with E-state index in [2.05, 4.69) is 26.2 Å². The number of pyridine rings is 1. The van der Waals surface area contributed by atoms with Gasteiger partial charge in [0.25, 0.3) is 5.91 Å². The van der Waals surface area contributed by atoms with Crippen molar-refractivity contribution in [2.75, 3.05) is 5.32 Å². The number of carboxylic acids is 1. The van der Waals surface area contributed by atoms with Crippen LogP contribution >= 0.6 is 27.5 Å². The van der Waals surface area contributed by atoms with Gasteiger partial charge in [0.15, 0.2) is 0 Å². The van der Waals surface area contributed by atoms with Gasteiger partial charge in [-0.05, 0) is 52.7 Å². The van der Waals surface area contributed by atoms with Gasteiger partial charge in [-0.3, -0.25) is 4.79 Å². The van der Waals surface area contributed by atoms with E-state index in [4.69, 9.17) is 16.7 Å². The molecule has 2 aromatic rings. The molecule has 0 radical (unpaired) electrons. The molecule has 0 saturated heterocycles. The van der Waals surface area contributed by atoms with Crippen molar-refractivity contribution in [2.45, 2.75) is 6.92 Å². The Balaban J connectivity index is 2.26. The van der Waals surface area contributed by atoms with Crippen molar-refractivity contribution in [1.82, 2.24) is 4.98 Å². The highest BCUT2D eigenvalue weighted by atomic mass is 79.9. The number of carboxylic acid groups (broad SMARTS) is 1. The summed E-state index contributed by atoms with van der Waals surface area (Å²) in [6.45, 7) is 1.66. The lowest BCUT2D eigenvalue weighted by Crippen LogP contribution is -2.13. The number of aromatic nitrogens is 1. The molecular formula is C14H10BrClN2O3. The van der Waals surface area contributed by atoms with Crippen LogP contribution in [-0.4, -0.2) is 22.0 Å². The number of carbonyl (C=O) groups excluding carboxylic acids is 1. The number of carbonyl (C=O) groups is 2. The normalized spacial score (nSPS) is 10.2. The summed E-state index contributed by atoms with van der Waals surface area (Å²) in [5.74, 6) is -1.43. The molecule has 1 amide bonds. The predicted octanol–water partition coefficient (Wildman–Crippen LogP) is 3.76. The average molecular weight is 370 g/mol. The summed E-state index contributed by atoms with van der Waals surface area (Å²) in [5, 5.41) is 11.7. The summed E-state index contributed by atoms with van der Waals surface area (Å²) < 4.78 is 0.634. The minimum absolute atomic E-state index is 0.0922. The molecule has 0 unspecified atom stereocenters. The maximum Gasteiger partial charge on any atom is 0.335 e. The van der Waals surface area contributed by atoms with E-state index in [1.807, 2.05) is 0 Å². The van der Waals surface area contributed by atoms with E-state index < -0.39 is 11.9 Å². The molecule has 2 rings (SSSR count). The number of rotatable bonds is 3. The van der Waals surface area contributed by atoms with Gasteiger partial charge in [-0.25, -0.2) is 9.78 Å². The highest BCUT2D eigenvalue weighted by Crippen LogP contribution is 2.21. The van der Waals surface area contributed by atoms with Crippen LogP contribution in [0.3, 0.4) is 0 Å². The zero-order chi connectivity index (χ0) is 15.6. The van der Waals surface area contributed by atoms with E-state index in [0.717, 1.165) is 0 Å². The van der Waals surface area contributed by atoms with Crippen molar-refractivity contribution >= 4 is 45.1 Å². The van der Waals surface area contributed by atoms with Gasteiger partial charge in [-0.15, -0.1) is 0 Å². The van der Waals surface area contributed by atoms with Crippen molar-refractivity contribution < 1.29 is 14.7 Å². The second kappa shape index (κ2) is 6.24. The van der Waals surface area contributed by atoms with Crippen LogP contribution in [-0.2, 0) is 0 Å². The number of nitrogens with zero attached hydrogens (tertiary/aromatic N) is 1. The van der Waals surface area contributed by atoms with E-state index in [1.54, 1.807) is 19.1 Å². The molecule has 2 N–H and O–H groups in total. The van der Waals surface area contributed by atoms with Gasteiger partial charge < -0.3 is 10.4 Å². The number of benzene rings is 1. The number of hydrogen-bond acceptors (Lipinski definition) is 3. The molecule has 0 aliphatic heterocycles. The molecule has 1 heterocycles. The first-order valence-corrected chi connectivity index (χ1v) is 7.02. The second-order valence-corrected chi connectivity index (χ2v) is 5.55. The van der Waals surface area contributed by atoms with Gasteiger partial charge >= 0.3 is 5.97 Å². The fourth-order valence-corrected chi connectivity index (χ4v) is 2.28. The Hall–Kier alpha value is -1.92. The summed E-state index contributed by atoms with van der Waals surface area (Å²) in [6.07, 6.45) is 1.49. The molecule has 0 saturated carbocycles. The molecule has 0 atom stereocenters. The fraction of sp³-hybridized carbons (Fsp3) is 0.0714. The molecule has 0 fully saturated rings. The number of hydrogen-bond donors (Lipinski definition) is 2. The summed E-state index contributed by atoms with van der Waals surface area (Å²) in [7, 11) is 0. The Morgan fingerprint density at radius 1 is 1.29 bits per heavy atom. The van der Waals surface area contributed by atoms with Crippen molar-refractivity contribution in [1.29, 1.82) is 0 Å². The Morgan fingerprint density at radius 2 is 2.00 bits per heavy atom. The minimum atomic E-state index is -1.01. The number of halogens is 2. The molecular weight excluding hydrogens is 360 g/mol. The van der Waals surface area contributed by atoms with Crippen LogP contribution < -0.4 is 5.32 Å². The molecule has 1 aromatic carbocycles. The highest BCUT2D eigenvalue weighted by molar-refractivity contribution is 9.10. The summed E-state index contributed by atoms with van der Waals surface area (Å²) in [4.78, 5) is 27.0. The van der Waals surface area contributed by atoms with Gasteiger partial charge in [0.1, 0.15) is 5.15 Å². The molecule has 5 nitrogen and oxygen atoms in total. The van der Waals surface area contributed by atoms with E-state index in [1.165, 1.54) is 18.3 Å². The second-order valence-electron chi connectivity index (χ2n) is 4.28. The Morgan fingerprint density at radius 3 is 2.62 bits per heavy atom. The lowest BCUT2D eigenvalue weighted by atomic mass is 10.1. The van der Waals surface area contributed by atoms with Crippen LogP contribution in [0.1, 0.15) is 26.3 Å². The smallest absolute Gasteiger partial charge is 0.335 e.